The van der Waals surface area contributed by atoms with Crippen molar-refractivity contribution in [1.29, 1.82) is 0 Å². The molecule has 0 saturated heterocycles. The molecule has 0 radical (unpaired) electrons. The van der Waals surface area contributed by atoms with Gasteiger partial charge in [-0.25, -0.2) is 0 Å². The minimum Gasteiger partial charge on any atom is -0.455 e. The van der Waals surface area contributed by atoms with Crippen LogP contribution in [0.25, 0.3) is 131 Å². The van der Waals surface area contributed by atoms with E-state index < -0.39 is 0 Å². The third kappa shape index (κ3) is 5.14. The fraction of sp³-hybridized carbons (Fsp3) is 0. The monoisotopic (exact) mass is 772 g/mol. The molecule has 0 saturated carbocycles. The van der Waals surface area contributed by atoms with Gasteiger partial charge in [-0.1, -0.05) is 200 Å². The zero-order chi connectivity index (χ0) is 40.0. The lowest BCUT2D eigenvalue weighted by Crippen LogP contribution is -1.92. The molecular formula is C60H36O. The van der Waals surface area contributed by atoms with E-state index in [1.807, 2.05) is 0 Å². The van der Waals surface area contributed by atoms with Crippen LogP contribution in [0.2, 0.25) is 0 Å². The Labute approximate surface area is 352 Å². The van der Waals surface area contributed by atoms with Gasteiger partial charge in [0.15, 0.2) is 0 Å². The molecule has 0 bridgehead atoms. The molecule has 0 atom stereocenters. The van der Waals surface area contributed by atoms with Crippen molar-refractivity contribution < 1.29 is 4.42 Å². The van der Waals surface area contributed by atoms with E-state index in [0.717, 1.165) is 32.9 Å². The Bertz CT molecular complexity index is 3850. The van der Waals surface area contributed by atoms with Crippen LogP contribution in [0.5, 0.6) is 0 Å². The van der Waals surface area contributed by atoms with Crippen molar-refractivity contribution in [2.45, 2.75) is 0 Å². The fourth-order valence-corrected chi connectivity index (χ4v) is 10.2. The average molecular weight is 773 g/mol. The van der Waals surface area contributed by atoms with Crippen molar-refractivity contribution in [3.8, 4) is 44.5 Å². The Kier molecular flexibility index (Phi) is 7.37. The largest absolute Gasteiger partial charge is 0.455 e. The molecule has 1 heteroatoms. The van der Waals surface area contributed by atoms with Gasteiger partial charge in [-0.3, -0.25) is 0 Å². The third-order valence-electron chi connectivity index (χ3n) is 13.0. The smallest absolute Gasteiger partial charge is 0.143 e. The van der Waals surface area contributed by atoms with Crippen molar-refractivity contribution in [3.63, 3.8) is 0 Å². The van der Waals surface area contributed by atoms with E-state index >= 15 is 0 Å². The summed E-state index contributed by atoms with van der Waals surface area (Å²) in [6.45, 7) is 0. The summed E-state index contributed by atoms with van der Waals surface area (Å²) in [5.74, 6) is 0. The summed E-state index contributed by atoms with van der Waals surface area (Å²) in [6, 6.07) is 80.0. The lowest BCUT2D eigenvalue weighted by molar-refractivity contribution is 0.674. The molecule has 0 spiro atoms. The first kappa shape index (κ1) is 33.9. The number of hydrogen-bond donors (Lipinski definition) is 0. The van der Waals surface area contributed by atoms with E-state index in [4.69, 9.17) is 4.42 Å². The molecule has 13 rings (SSSR count). The number of rotatable bonds is 4. The van der Waals surface area contributed by atoms with Crippen LogP contribution in [0, 0.1) is 0 Å². The maximum atomic E-state index is 6.95. The van der Waals surface area contributed by atoms with Gasteiger partial charge >= 0.3 is 0 Å². The quantitative estimate of drug-likeness (QED) is 0.128. The molecule has 61 heavy (non-hydrogen) atoms. The maximum Gasteiger partial charge on any atom is 0.143 e. The highest BCUT2D eigenvalue weighted by molar-refractivity contribution is 6.27. The molecule has 12 aromatic carbocycles. The molecule has 0 aliphatic heterocycles. The lowest BCUT2D eigenvalue weighted by Gasteiger charge is -2.19. The predicted octanol–water partition coefficient (Wildman–Crippen LogP) is 17.2. The van der Waals surface area contributed by atoms with Crippen molar-refractivity contribution in [1.82, 2.24) is 0 Å². The number of para-hydroxylation sites is 1. The molecule has 0 aliphatic carbocycles. The van der Waals surface area contributed by atoms with Gasteiger partial charge in [-0.05, 0) is 116 Å². The zero-order valence-electron chi connectivity index (χ0n) is 33.2. The molecule has 282 valence electrons. The number of benzene rings is 12. The Hall–Kier alpha value is -8.00. The highest BCUT2D eigenvalue weighted by atomic mass is 16.3. The summed E-state index contributed by atoms with van der Waals surface area (Å²) in [4.78, 5) is 0. The molecule has 1 heterocycles. The molecule has 0 fully saturated rings. The molecule has 13 aromatic rings. The first-order valence-corrected chi connectivity index (χ1v) is 21.1. The fourth-order valence-electron chi connectivity index (χ4n) is 10.2. The molecule has 1 aromatic heterocycles. The van der Waals surface area contributed by atoms with Gasteiger partial charge < -0.3 is 4.42 Å². The summed E-state index contributed by atoms with van der Waals surface area (Å²) in [6.07, 6.45) is 0. The molecule has 1 nitrogen and oxygen atoms in total. The van der Waals surface area contributed by atoms with Crippen LogP contribution in [-0.4, -0.2) is 0 Å². The summed E-state index contributed by atoms with van der Waals surface area (Å²) < 4.78 is 6.95. The van der Waals surface area contributed by atoms with Gasteiger partial charge in [0, 0.05) is 21.7 Å². The van der Waals surface area contributed by atoms with Gasteiger partial charge in [0.05, 0.1) is 0 Å². The second-order valence-corrected chi connectivity index (χ2v) is 16.3. The highest BCUT2D eigenvalue weighted by Crippen LogP contribution is 2.48. The van der Waals surface area contributed by atoms with E-state index in [1.165, 1.54) is 98.2 Å². The summed E-state index contributed by atoms with van der Waals surface area (Å²) in [5, 5.41) is 17.0. The summed E-state index contributed by atoms with van der Waals surface area (Å²) in [5.41, 5.74) is 11.5. The molecule has 0 aliphatic rings. The number of furan rings is 1. The van der Waals surface area contributed by atoms with Crippen molar-refractivity contribution in [3.05, 3.63) is 218 Å². The second kappa shape index (κ2) is 13.3. The third-order valence-corrected chi connectivity index (χ3v) is 13.0. The summed E-state index contributed by atoms with van der Waals surface area (Å²) in [7, 11) is 0. The van der Waals surface area contributed by atoms with E-state index in [-0.39, 0.29) is 0 Å². The van der Waals surface area contributed by atoms with Crippen LogP contribution >= 0.6 is 0 Å². The van der Waals surface area contributed by atoms with E-state index in [0.29, 0.717) is 0 Å². The SMILES string of the molecule is c1ccc(-c2ccc(-c3c4ccccc4c(-c4ccc5cc(-c6cccc7c6oc6c8ccccc8ccc76)c6c7ccccc7ccc6c5c4)c4ccccc34)cc2)cc1. The molecular weight excluding hydrogens is 737 g/mol. The first-order chi connectivity index (χ1) is 30.3. The molecule has 0 N–H and O–H groups in total. The Morgan fingerprint density at radius 2 is 0.721 bits per heavy atom. The summed E-state index contributed by atoms with van der Waals surface area (Å²) >= 11 is 0. The lowest BCUT2D eigenvalue weighted by atomic mass is 9.84. The van der Waals surface area contributed by atoms with Crippen LogP contribution in [-0.2, 0) is 0 Å². The Balaban J connectivity index is 1.06. The van der Waals surface area contributed by atoms with E-state index in [9.17, 15) is 0 Å². The highest BCUT2D eigenvalue weighted by Gasteiger charge is 2.21. The first-order valence-electron chi connectivity index (χ1n) is 21.1. The normalized spacial score (nSPS) is 11.9. The minimum absolute atomic E-state index is 0.923. The van der Waals surface area contributed by atoms with Crippen LogP contribution in [0.15, 0.2) is 223 Å². The Morgan fingerprint density at radius 1 is 0.230 bits per heavy atom. The maximum absolute atomic E-state index is 6.95. The van der Waals surface area contributed by atoms with Crippen LogP contribution in [0.4, 0.5) is 0 Å². The minimum atomic E-state index is 0.923. The predicted molar refractivity (Wildman–Crippen MR) is 260 cm³/mol. The van der Waals surface area contributed by atoms with E-state index in [2.05, 4.69) is 218 Å². The number of hydrogen-bond acceptors (Lipinski definition) is 1. The van der Waals surface area contributed by atoms with Gasteiger partial charge in [-0.15, -0.1) is 0 Å². The topological polar surface area (TPSA) is 13.1 Å². The van der Waals surface area contributed by atoms with Gasteiger partial charge in [0.2, 0.25) is 0 Å². The van der Waals surface area contributed by atoms with Crippen LogP contribution < -0.4 is 0 Å². The van der Waals surface area contributed by atoms with Crippen molar-refractivity contribution in [2.75, 3.05) is 0 Å². The average Bonchev–Trinajstić information content (AvgIpc) is 3.73. The second-order valence-electron chi connectivity index (χ2n) is 16.3. The van der Waals surface area contributed by atoms with Crippen LogP contribution in [0.3, 0.4) is 0 Å². The van der Waals surface area contributed by atoms with Crippen molar-refractivity contribution in [2.24, 2.45) is 0 Å². The van der Waals surface area contributed by atoms with E-state index in [1.54, 1.807) is 0 Å². The molecule has 0 unspecified atom stereocenters. The Morgan fingerprint density at radius 3 is 1.43 bits per heavy atom. The molecule has 0 amide bonds. The van der Waals surface area contributed by atoms with Gasteiger partial charge in [0.25, 0.3) is 0 Å². The van der Waals surface area contributed by atoms with Gasteiger partial charge in [-0.2, -0.15) is 0 Å². The van der Waals surface area contributed by atoms with Crippen LogP contribution in [0.1, 0.15) is 0 Å². The number of fused-ring (bicyclic) bond motifs is 12. The zero-order valence-corrected chi connectivity index (χ0v) is 33.2. The standard InChI is InChI=1S/C60H36O/c1-2-13-37(14-3-1)38-25-27-41(28-26-38)56-46-19-8-10-21-48(46)57(49-22-11-9-20-47(49)56)43-30-29-42-35-55(58-44-17-6-4-15-39(44)31-33-50(58)54(42)36-43)52-24-12-23-51-53-34-32-40-16-5-7-18-45(40)59(53)61-60(51)52/h1-36H. The van der Waals surface area contributed by atoms with Crippen molar-refractivity contribution >= 4 is 86.6 Å². The van der Waals surface area contributed by atoms with Gasteiger partial charge in [0.1, 0.15) is 11.2 Å².